The first-order chi connectivity index (χ1) is 10.8. The number of aliphatic hydroxyl groups excluding tert-OH is 1. The predicted octanol–water partition coefficient (Wildman–Crippen LogP) is 2.56. The van der Waals surface area contributed by atoms with Crippen molar-refractivity contribution in [2.75, 3.05) is 33.4 Å². The van der Waals surface area contributed by atoms with E-state index in [4.69, 9.17) is 9.47 Å². The third kappa shape index (κ3) is 6.01. The van der Waals surface area contributed by atoms with Gasteiger partial charge < -0.3 is 19.5 Å². The highest BCUT2D eigenvalue weighted by Gasteiger charge is 2.30. The highest BCUT2D eigenvalue weighted by atomic mass is 19.4. The Labute approximate surface area is 133 Å². The lowest BCUT2D eigenvalue weighted by Crippen LogP contribution is -2.37. The summed E-state index contributed by atoms with van der Waals surface area (Å²) in [5.41, 5.74) is -0.721. The van der Waals surface area contributed by atoms with Crippen LogP contribution in [0, 0.1) is 0 Å². The maximum atomic E-state index is 12.4. The molecule has 4 nitrogen and oxygen atoms in total. The van der Waals surface area contributed by atoms with Gasteiger partial charge in [0, 0.05) is 19.7 Å². The van der Waals surface area contributed by atoms with Crippen molar-refractivity contribution in [3.05, 3.63) is 29.8 Å². The molecule has 1 aromatic rings. The fourth-order valence-corrected chi connectivity index (χ4v) is 2.56. The summed E-state index contributed by atoms with van der Waals surface area (Å²) in [4.78, 5) is 1.97. The summed E-state index contributed by atoms with van der Waals surface area (Å²) in [5.74, 6) is 0.304. The maximum absolute atomic E-state index is 12.4. The maximum Gasteiger partial charge on any atom is 0.416 e. The Morgan fingerprint density at radius 3 is 2.61 bits per heavy atom. The Kier molecular flexibility index (Phi) is 6.26. The number of nitrogens with zero attached hydrogens (tertiary/aromatic N) is 1. The minimum absolute atomic E-state index is 0.0290. The van der Waals surface area contributed by atoms with Gasteiger partial charge in [0.25, 0.3) is 0 Å². The van der Waals surface area contributed by atoms with Gasteiger partial charge in [-0.3, -0.25) is 0 Å². The van der Waals surface area contributed by atoms with E-state index in [1.807, 2.05) is 11.9 Å². The first-order valence-electron chi connectivity index (χ1n) is 7.63. The van der Waals surface area contributed by atoms with Crippen molar-refractivity contribution in [2.45, 2.75) is 31.2 Å². The second-order valence-electron chi connectivity index (χ2n) is 5.84. The van der Waals surface area contributed by atoms with E-state index < -0.39 is 17.8 Å². The fourth-order valence-electron chi connectivity index (χ4n) is 2.56. The number of likely N-dealkylation sites (N-methyl/N-ethyl adjacent to an activating group) is 1. The molecule has 0 spiro atoms. The molecular weight excluding hydrogens is 311 g/mol. The molecule has 7 heteroatoms. The Morgan fingerprint density at radius 1 is 1.35 bits per heavy atom. The molecule has 0 aliphatic carbocycles. The molecule has 130 valence electrons. The summed E-state index contributed by atoms with van der Waals surface area (Å²) in [7, 11) is 1.89. The Balaban J connectivity index is 1.72. The first kappa shape index (κ1) is 18.0. The number of ether oxygens (including phenoxy) is 2. The zero-order chi connectivity index (χ0) is 16.9. The molecule has 1 aliphatic rings. The highest BCUT2D eigenvalue weighted by molar-refractivity contribution is 5.28. The molecule has 0 saturated carbocycles. The van der Waals surface area contributed by atoms with Crippen LogP contribution in [0.5, 0.6) is 5.75 Å². The van der Waals surface area contributed by atoms with Gasteiger partial charge in [-0.15, -0.1) is 0 Å². The lowest BCUT2D eigenvalue weighted by atomic mass is 10.2. The van der Waals surface area contributed by atoms with Crippen LogP contribution in [0.2, 0.25) is 0 Å². The van der Waals surface area contributed by atoms with Crippen LogP contribution < -0.4 is 4.74 Å². The Morgan fingerprint density at radius 2 is 2.04 bits per heavy atom. The molecule has 23 heavy (non-hydrogen) atoms. The molecule has 2 unspecified atom stereocenters. The van der Waals surface area contributed by atoms with Gasteiger partial charge in [-0.05, 0) is 44.2 Å². The van der Waals surface area contributed by atoms with Gasteiger partial charge in [0.15, 0.2) is 0 Å². The summed E-state index contributed by atoms with van der Waals surface area (Å²) in [6, 6.07) is 4.44. The number of halogens is 3. The van der Waals surface area contributed by atoms with Gasteiger partial charge in [-0.25, -0.2) is 0 Å². The zero-order valence-electron chi connectivity index (χ0n) is 13.1. The zero-order valence-corrected chi connectivity index (χ0v) is 13.1. The van der Waals surface area contributed by atoms with Gasteiger partial charge in [-0.1, -0.05) is 0 Å². The normalized spacial score (nSPS) is 20.0. The molecule has 1 heterocycles. The molecule has 0 bridgehead atoms. The van der Waals surface area contributed by atoms with Crippen molar-refractivity contribution < 1.29 is 27.8 Å². The van der Waals surface area contributed by atoms with Crippen molar-refractivity contribution >= 4 is 0 Å². The van der Waals surface area contributed by atoms with Crippen LogP contribution in [-0.2, 0) is 10.9 Å². The average molecular weight is 333 g/mol. The van der Waals surface area contributed by atoms with E-state index in [1.54, 1.807) is 0 Å². The standard InChI is InChI=1S/C16H22F3NO3/c1-20(10-15-3-2-8-22-15)9-13(21)11-23-14-6-4-12(5-7-14)16(17,18)19/h4-7,13,15,21H,2-3,8-11H2,1H3. The predicted molar refractivity (Wildman–Crippen MR) is 79.4 cm³/mol. The number of rotatable bonds is 7. The van der Waals surface area contributed by atoms with E-state index in [9.17, 15) is 18.3 Å². The first-order valence-corrected chi connectivity index (χ1v) is 7.63. The minimum atomic E-state index is -4.36. The molecule has 0 aromatic heterocycles. The summed E-state index contributed by atoms with van der Waals surface area (Å²) >= 11 is 0. The van der Waals surface area contributed by atoms with E-state index in [0.717, 1.165) is 38.1 Å². The van der Waals surface area contributed by atoms with Crippen molar-refractivity contribution in [1.29, 1.82) is 0 Å². The van der Waals surface area contributed by atoms with E-state index in [-0.39, 0.29) is 12.7 Å². The molecule has 0 radical (unpaired) electrons. The van der Waals surface area contributed by atoms with Crippen LogP contribution in [0.4, 0.5) is 13.2 Å². The van der Waals surface area contributed by atoms with E-state index in [2.05, 4.69) is 0 Å². The van der Waals surface area contributed by atoms with Gasteiger partial charge in [-0.2, -0.15) is 13.2 Å². The Bertz CT molecular complexity index is 472. The van der Waals surface area contributed by atoms with E-state index >= 15 is 0 Å². The topological polar surface area (TPSA) is 41.9 Å². The number of alkyl halides is 3. The van der Waals surface area contributed by atoms with Crippen LogP contribution in [-0.4, -0.2) is 55.6 Å². The van der Waals surface area contributed by atoms with Gasteiger partial charge in [0.1, 0.15) is 18.5 Å². The summed E-state index contributed by atoms with van der Waals surface area (Å²) in [6.07, 6.45) is -2.77. The number of hydrogen-bond acceptors (Lipinski definition) is 4. The monoisotopic (exact) mass is 333 g/mol. The second kappa shape index (κ2) is 7.99. The molecule has 2 atom stereocenters. The Hall–Kier alpha value is -1.31. The fraction of sp³-hybridized carbons (Fsp3) is 0.625. The number of aliphatic hydroxyl groups is 1. The second-order valence-corrected chi connectivity index (χ2v) is 5.84. The molecule has 1 N–H and O–H groups in total. The quantitative estimate of drug-likeness (QED) is 0.833. The summed E-state index contributed by atoms with van der Waals surface area (Å²) < 4.78 is 48.2. The highest BCUT2D eigenvalue weighted by Crippen LogP contribution is 2.30. The van der Waals surface area contributed by atoms with Crippen molar-refractivity contribution in [3.8, 4) is 5.75 Å². The van der Waals surface area contributed by atoms with Crippen molar-refractivity contribution in [2.24, 2.45) is 0 Å². The van der Waals surface area contributed by atoms with E-state index in [0.29, 0.717) is 12.3 Å². The van der Waals surface area contributed by atoms with Gasteiger partial charge in [0.05, 0.1) is 11.7 Å². The van der Waals surface area contributed by atoms with Crippen LogP contribution in [0.1, 0.15) is 18.4 Å². The van der Waals surface area contributed by atoms with Crippen LogP contribution in [0.3, 0.4) is 0 Å². The SMILES string of the molecule is CN(CC(O)COc1ccc(C(F)(F)F)cc1)CC1CCCO1. The molecule has 1 aliphatic heterocycles. The lowest BCUT2D eigenvalue weighted by molar-refractivity contribution is -0.137. The van der Waals surface area contributed by atoms with Crippen LogP contribution in [0.15, 0.2) is 24.3 Å². The molecule has 0 amide bonds. The third-order valence-electron chi connectivity index (χ3n) is 3.69. The van der Waals surface area contributed by atoms with Crippen LogP contribution in [0.25, 0.3) is 0 Å². The van der Waals surface area contributed by atoms with Crippen molar-refractivity contribution in [1.82, 2.24) is 4.90 Å². The molecule has 1 fully saturated rings. The smallest absolute Gasteiger partial charge is 0.416 e. The molecule has 1 saturated heterocycles. The third-order valence-corrected chi connectivity index (χ3v) is 3.69. The van der Waals surface area contributed by atoms with E-state index in [1.165, 1.54) is 12.1 Å². The molecule has 1 aromatic carbocycles. The summed E-state index contributed by atoms with van der Waals surface area (Å²) in [5, 5.41) is 9.95. The molecule has 2 rings (SSSR count). The summed E-state index contributed by atoms with van der Waals surface area (Å²) in [6.45, 7) is 1.98. The van der Waals surface area contributed by atoms with Gasteiger partial charge >= 0.3 is 6.18 Å². The van der Waals surface area contributed by atoms with Crippen LogP contribution >= 0.6 is 0 Å². The minimum Gasteiger partial charge on any atom is -0.491 e. The van der Waals surface area contributed by atoms with Gasteiger partial charge in [0.2, 0.25) is 0 Å². The lowest BCUT2D eigenvalue weighted by Gasteiger charge is -2.23. The largest absolute Gasteiger partial charge is 0.491 e. The molecular formula is C16H22F3NO3. The van der Waals surface area contributed by atoms with Crippen molar-refractivity contribution in [3.63, 3.8) is 0 Å². The number of benzene rings is 1. The number of hydrogen-bond donors (Lipinski definition) is 1. The average Bonchev–Trinajstić information content (AvgIpc) is 2.97.